The van der Waals surface area contributed by atoms with E-state index >= 15 is 0 Å². The van der Waals surface area contributed by atoms with Crippen LogP contribution in [-0.4, -0.2) is 51.4 Å². The largest absolute Gasteiger partial charge is 0.337 e. The molecule has 0 unspecified atom stereocenters. The zero-order valence-electron chi connectivity index (χ0n) is 14.7. The molecule has 0 aliphatic carbocycles. The van der Waals surface area contributed by atoms with Gasteiger partial charge in [0.1, 0.15) is 12.7 Å². The van der Waals surface area contributed by atoms with Crippen LogP contribution in [0.2, 0.25) is 0 Å². The molecule has 7 heteroatoms. The Morgan fingerprint density at radius 3 is 2.56 bits per heavy atom. The average Bonchev–Trinajstić information content (AvgIpc) is 3.33. The van der Waals surface area contributed by atoms with E-state index in [1.165, 1.54) is 19.2 Å². The lowest BCUT2D eigenvalue weighted by atomic mass is 10.1. The number of urea groups is 1. The van der Waals surface area contributed by atoms with Crippen LogP contribution in [0.15, 0.2) is 36.9 Å². The molecule has 1 saturated heterocycles. The van der Waals surface area contributed by atoms with Gasteiger partial charge in [0.25, 0.3) is 0 Å². The van der Waals surface area contributed by atoms with Gasteiger partial charge in [-0.05, 0) is 44.0 Å². The molecule has 0 radical (unpaired) electrons. The lowest BCUT2D eigenvalue weighted by molar-refractivity contribution is 0.226. The number of benzene rings is 1. The van der Waals surface area contributed by atoms with E-state index in [1.807, 2.05) is 24.3 Å². The maximum absolute atomic E-state index is 12.0. The van der Waals surface area contributed by atoms with Gasteiger partial charge in [-0.1, -0.05) is 24.3 Å². The monoisotopic (exact) mass is 342 g/mol. The van der Waals surface area contributed by atoms with Gasteiger partial charge in [0.05, 0.1) is 6.54 Å². The van der Waals surface area contributed by atoms with Gasteiger partial charge >= 0.3 is 6.03 Å². The Hall–Kier alpha value is -2.41. The van der Waals surface area contributed by atoms with E-state index in [9.17, 15) is 4.79 Å². The van der Waals surface area contributed by atoms with Crippen molar-refractivity contribution < 1.29 is 4.79 Å². The SMILES string of the molecule is C[C@H](CNC(=O)NCc1ccc(Cn2cncn2)cc1)N1CCCC1. The van der Waals surface area contributed by atoms with Crippen LogP contribution in [0.25, 0.3) is 0 Å². The first kappa shape index (κ1) is 17.4. The van der Waals surface area contributed by atoms with Crippen LogP contribution < -0.4 is 10.6 Å². The fourth-order valence-corrected chi connectivity index (χ4v) is 3.06. The lowest BCUT2D eigenvalue weighted by Gasteiger charge is -2.23. The number of hydrogen-bond donors (Lipinski definition) is 2. The summed E-state index contributed by atoms with van der Waals surface area (Å²) in [5, 5.41) is 9.97. The summed E-state index contributed by atoms with van der Waals surface area (Å²) < 4.78 is 1.78. The van der Waals surface area contributed by atoms with Crippen LogP contribution >= 0.6 is 0 Å². The summed E-state index contributed by atoms with van der Waals surface area (Å²) in [5.74, 6) is 0. The summed E-state index contributed by atoms with van der Waals surface area (Å²) in [6.07, 6.45) is 5.76. The van der Waals surface area contributed by atoms with Crippen LogP contribution in [-0.2, 0) is 13.1 Å². The van der Waals surface area contributed by atoms with E-state index in [4.69, 9.17) is 0 Å². The van der Waals surface area contributed by atoms with Gasteiger partial charge in [0.2, 0.25) is 0 Å². The Morgan fingerprint density at radius 2 is 1.88 bits per heavy atom. The standard InChI is InChI=1S/C18H26N6O/c1-15(23-8-2-3-9-23)10-20-18(25)21-11-16-4-6-17(7-5-16)12-24-14-19-13-22-24/h4-7,13-15H,2-3,8-12H2,1H3,(H2,20,21,25)/t15-/m1/s1. The van der Waals surface area contributed by atoms with Crippen molar-refractivity contribution in [3.63, 3.8) is 0 Å². The van der Waals surface area contributed by atoms with Gasteiger partial charge < -0.3 is 10.6 Å². The predicted molar refractivity (Wildman–Crippen MR) is 96.1 cm³/mol. The first-order chi connectivity index (χ1) is 12.2. The summed E-state index contributed by atoms with van der Waals surface area (Å²) in [6.45, 7) is 6.36. The van der Waals surface area contributed by atoms with E-state index in [-0.39, 0.29) is 6.03 Å². The Bertz CT molecular complexity index is 649. The summed E-state index contributed by atoms with van der Waals surface area (Å²) in [6, 6.07) is 8.43. The summed E-state index contributed by atoms with van der Waals surface area (Å²) >= 11 is 0. The van der Waals surface area contributed by atoms with Crippen molar-refractivity contribution in [1.82, 2.24) is 30.3 Å². The van der Waals surface area contributed by atoms with Crippen LogP contribution in [0.3, 0.4) is 0 Å². The summed E-state index contributed by atoms with van der Waals surface area (Å²) in [5.41, 5.74) is 2.23. The third-order valence-electron chi connectivity index (χ3n) is 4.61. The second-order valence-electron chi connectivity index (χ2n) is 6.57. The molecule has 1 aromatic heterocycles. The van der Waals surface area contributed by atoms with Crippen molar-refractivity contribution in [3.05, 3.63) is 48.0 Å². The highest BCUT2D eigenvalue weighted by molar-refractivity contribution is 5.73. The molecule has 3 rings (SSSR count). The minimum absolute atomic E-state index is 0.113. The fraction of sp³-hybridized carbons (Fsp3) is 0.500. The van der Waals surface area contributed by atoms with Gasteiger partial charge in [-0.3, -0.25) is 4.90 Å². The summed E-state index contributed by atoms with van der Waals surface area (Å²) in [4.78, 5) is 18.3. The Balaban J connectivity index is 1.38. The minimum atomic E-state index is -0.113. The van der Waals surface area contributed by atoms with E-state index in [1.54, 1.807) is 11.0 Å². The topological polar surface area (TPSA) is 75.1 Å². The highest BCUT2D eigenvalue weighted by Crippen LogP contribution is 2.10. The Kier molecular flexibility index (Phi) is 6.00. The van der Waals surface area contributed by atoms with Crippen LogP contribution in [0.4, 0.5) is 4.79 Å². The molecule has 2 aromatic rings. The number of nitrogens with one attached hydrogen (secondary N) is 2. The van der Waals surface area contributed by atoms with Crippen molar-refractivity contribution in [2.75, 3.05) is 19.6 Å². The molecule has 0 saturated carbocycles. The number of likely N-dealkylation sites (tertiary alicyclic amines) is 1. The number of aromatic nitrogens is 3. The maximum atomic E-state index is 12.0. The number of carbonyl (C=O) groups is 1. The van der Waals surface area contributed by atoms with E-state index in [0.29, 0.717) is 25.7 Å². The van der Waals surface area contributed by atoms with Crippen molar-refractivity contribution in [3.8, 4) is 0 Å². The van der Waals surface area contributed by atoms with Crippen molar-refractivity contribution in [2.24, 2.45) is 0 Å². The second-order valence-corrected chi connectivity index (χ2v) is 6.57. The van der Waals surface area contributed by atoms with Crippen LogP contribution in [0, 0.1) is 0 Å². The van der Waals surface area contributed by atoms with Gasteiger partial charge in [-0.2, -0.15) is 5.10 Å². The maximum Gasteiger partial charge on any atom is 0.315 e. The molecule has 1 atom stereocenters. The van der Waals surface area contributed by atoms with E-state index in [2.05, 4.69) is 32.5 Å². The van der Waals surface area contributed by atoms with Crippen LogP contribution in [0.5, 0.6) is 0 Å². The van der Waals surface area contributed by atoms with Gasteiger partial charge in [0, 0.05) is 19.1 Å². The van der Waals surface area contributed by atoms with E-state index < -0.39 is 0 Å². The summed E-state index contributed by atoms with van der Waals surface area (Å²) in [7, 11) is 0. The molecule has 0 bridgehead atoms. The molecule has 1 fully saturated rings. The van der Waals surface area contributed by atoms with Crippen molar-refractivity contribution >= 4 is 6.03 Å². The van der Waals surface area contributed by atoms with Gasteiger partial charge in [-0.25, -0.2) is 14.5 Å². The Morgan fingerprint density at radius 1 is 1.16 bits per heavy atom. The molecule has 7 nitrogen and oxygen atoms in total. The average molecular weight is 342 g/mol. The molecule has 2 amide bonds. The quantitative estimate of drug-likeness (QED) is 0.802. The fourth-order valence-electron chi connectivity index (χ4n) is 3.06. The van der Waals surface area contributed by atoms with Crippen LogP contribution in [0.1, 0.15) is 30.9 Å². The second kappa shape index (κ2) is 8.62. The molecular formula is C18H26N6O. The number of amides is 2. The molecule has 1 aliphatic heterocycles. The molecule has 1 aromatic carbocycles. The van der Waals surface area contributed by atoms with Crippen molar-refractivity contribution in [2.45, 2.75) is 38.9 Å². The molecule has 0 spiro atoms. The molecule has 2 N–H and O–H groups in total. The molecule has 134 valence electrons. The highest BCUT2D eigenvalue weighted by Gasteiger charge is 2.18. The highest BCUT2D eigenvalue weighted by atomic mass is 16.2. The van der Waals surface area contributed by atoms with E-state index in [0.717, 1.165) is 24.2 Å². The number of nitrogens with zero attached hydrogens (tertiary/aromatic N) is 4. The first-order valence-electron chi connectivity index (χ1n) is 8.86. The molecular weight excluding hydrogens is 316 g/mol. The smallest absolute Gasteiger partial charge is 0.315 e. The zero-order valence-corrected chi connectivity index (χ0v) is 14.7. The number of carbonyl (C=O) groups excluding carboxylic acids is 1. The van der Waals surface area contributed by atoms with Gasteiger partial charge in [-0.15, -0.1) is 0 Å². The lowest BCUT2D eigenvalue weighted by Crippen LogP contribution is -2.44. The molecule has 1 aliphatic rings. The minimum Gasteiger partial charge on any atom is -0.337 e. The first-order valence-corrected chi connectivity index (χ1v) is 8.86. The zero-order chi connectivity index (χ0) is 17.5. The number of rotatable bonds is 7. The molecule has 2 heterocycles. The number of hydrogen-bond acceptors (Lipinski definition) is 4. The van der Waals surface area contributed by atoms with Gasteiger partial charge in [0.15, 0.2) is 0 Å². The predicted octanol–water partition coefficient (Wildman–Crippen LogP) is 1.61. The third-order valence-corrected chi connectivity index (χ3v) is 4.61. The molecule has 25 heavy (non-hydrogen) atoms. The third kappa shape index (κ3) is 5.29. The van der Waals surface area contributed by atoms with Crippen molar-refractivity contribution in [1.29, 1.82) is 0 Å². The normalized spacial score (nSPS) is 15.9. The Labute approximate surface area is 148 Å².